The van der Waals surface area contributed by atoms with Crippen molar-refractivity contribution in [3.63, 3.8) is 0 Å². The van der Waals surface area contributed by atoms with E-state index in [-0.39, 0.29) is 11.9 Å². The monoisotopic (exact) mass is 218 g/mol. The van der Waals surface area contributed by atoms with E-state index in [0.717, 1.165) is 19.6 Å². The predicted octanol–water partition coefficient (Wildman–Crippen LogP) is 0.350. The zero-order chi connectivity index (χ0) is 10.0. The highest BCUT2D eigenvalue weighted by Gasteiger charge is 2.24. The SMILES string of the molecule is O=S1(=O)C=CC(OCC2CCOC2)C1. The molecule has 2 heterocycles. The Bertz CT molecular complexity index is 314. The van der Waals surface area contributed by atoms with E-state index in [1.54, 1.807) is 6.08 Å². The van der Waals surface area contributed by atoms with Gasteiger partial charge < -0.3 is 9.47 Å². The lowest BCUT2D eigenvalue weighted by Gasteiger charge is -2.12. The Labute approximate surface area is 83.8 Å². The van der Waals surface area contributed by atoms with Crippen LogP contribution in [0.5, 0.6) is 0 Å². The van der Waals surface area contributed by atoms with Crippen molar-refractivity contribution in [3.05, 3.63) is 11.5 Å². The minimum absolute atomic E-state index is 0.0978. The van der Waals surface area contributed by atoms with E-state index in [9.17, 15) is 8.42 Å². The van der Waals surface area contributed by atoms with Gasteiger partial charge in [0.2, 0.25) is 0 Å². The summed E-state index contributed by atoms with van der Waals surface area (Å²) < 4.78 is 32.8. The van der Waals surface area contributed by atoms with E-state index >= 15 is 0 Å². The maximum atomic E-state index is 11.0. The van der Waals surface area contributed by atoms with Crippen LogP contribution in [0.25, 0.3) is 0 Å². The number of sulfone groups is 1. The Hall–Kier alpha value is -0.390. The highest BCUT2D eigenvalue weighted by atomic mass is 32.2. The summed E-state index contributed by atoms with van der Waals surface area (Å²) in [6, 6.07) is 0. The quantitative estimate of drug-likeness (QED) is 0.686. The first-order valence-corrected chi connectivity index (χ1v) is 6.47. The summed E-state index contributed by atoms with van der Waals surface area (Å²) in [4.78, 5) is 0. The van der Waals surface area contributed by atoms with Gasteiger partial charge in [-0.1, -0.05) is 0 Å². The Morgan fingerprint density at radius 2 is 2.36 bits per heavy atom. The molecule has 2 aliphatic rings. The van der Waals surface area contributed by atoms with Crippen molar-refractivity contribution in [2.75, 3.05) is 25.6 Å². The zero-order valence-electron chi connectivity index (χ0n) is 7.89. The molecule has 0 N–H and O–H groups in total. The van der Waals surface area contributed by atoms with E-state index < -0.39 is 9.84 Å². The van der Waals surface area contributed by atoms with Gasteiger partial charge in [-0.3, -0.25) is 0 Å². The van der Waals surface area contributed by atoms with Crippen LogP contribution in [0, 0.1) is 5.92 Å². The number of hydrogen-bond donors (Lipinski definition) is 0. The molecule has 0 spiro atoms. The van der Waals surface area contributed by atoms with Crippen LogP contribution in [0.3, 0.4) is 0 Å². The molecule has 0 aliphatic carbocycles. The molecule has 1 fully saturated rings. The summed E-state index contributed by atoms with van der Waals surface area (Å²) in [5.74, 6) is 0.535. The van der Waals surface area contributed by atoms with Crippen molar-refractivity contribution in [2.45, 2.75) is 12.5 Å². The number of rotatable bonds is 3. The molecule has 2 aliphatic heterocycles. The summed E-state index contributed by atoms with van der Waals surface area (Å²) in [6.07, 6.45) is 2.38. The summed E-state index contributed by atoms with van der Waals surface area (Å²) in [7, 11) is -2.98. The summed E-state index contributed by atoms with van der Waals surface area (Å²) in [5, 5.41) is 1.24. The van der Waals surface area contributed by atoms with Crippen LogP contribution in [-0.2, 0) is 19.3 Å². The fraction of sp³-hybridized carbons (Fsp3) is 0.778. The standard InChI is InChI=1S/C9H14O4S/c10-14(11)4-2-9(7-14)13-6-8-1-3-12-5-8/h2,4,8-9H,1,3,5-7H2. The molecule has 14 heavy (non-hydrogen) atoms. The molecule has 2 unspecified atom stereocenters. The van der Waals surface area contributed by atoms with E-state index in [2.05, 4.69) is 0 Å². The first-order chi connectivity index (χ1) is 6.66. The summed E-state index contributed by atoms with van der Waals surface area (Å²) >= 11 is 0. The molecule has 0 saturated carbocycles. The topological polar surface area (TPSA) is 52.6 Å². The second kappa shape index (κ2) is 4.00. The van der Waals surface area contributed by atoms with Crippen molar-refractivity contribution in [2.24, 2.45) is 5.92 Å². The van der Waals surface area contributed by atoms with Gasteiger partial charge in [-0.05, 0) is 12.5 Å². The third-order valence-corrected chi connectivity index (χ3v) is 3.83. The Morgan fingerprint density at radius 1 is 1.50 bits per heavy atom. The van der Waals surface area contributed by atoms with Gasteiger partial charge in [0.15, 0.2) is 9.84 Å². The smallest absolute Gasteiger partial charge is 0.174 e. The predicted molar refractivity (Wildman–Crippen MR) is 51.6 cm³/mol. The van der Waals surface area contributed by atoms with Gasteiger partial charge in [-0.15, -0.1) is 0 Å². The number of hydrogen-bond acceptors (Lipinski definition) is 4. The molecule has 4 nitrogen and oxygen atoms in total. The van der Waals surface area contributed by atoms with Crippen LogP contribution in [0.1, 0.15) is 6.42 Å². The minimum atomic E-state index is -2.98. The van der Waals surface area contributed by atoms with E-state index in [1.165, 1.54) is 5.41 Å². The van der Waals surface area contributed by atoms with Crippen molar-refractivity contribution >= 4 is 9.84 Å². The van der Waals surface area contributed by atoms with Crippen molar-refractivity contribution in [1.29, 1.82) is 0 Å². The Kier molecular flexibility index (Phi) is 2.90. The normalized spacial score (nSPS) is 35.1. The van der Waals surface area contributed by atoms with Gasteiger partial charge >= 0.3 is 0 Å². The first-order valence-electron chi connectivity index (χ1n) is 4.76. The van der Waals surface area contributed by atoms with E-state index in [4.69, 9.17) is 9.47 Å². The lowest BCUT2D eigenvalue weighted by molar-refractivity contribution is 0.0646. The average Bonchev–Trinajstić information content (AvgIpc) is 2.70. The van der Waals surface area contributed by atoms with Gasteiger partial charge in [0.05, 0.1) is 25.1 Å². The van der Waals surface area contributed by atoms with Crippen molar-refractivity contribution < 1.29 is 17.9 Å². The maximum Gasteiger partial charge on any atom is 0.174 e. The van der Waals surface area contributed by atoms with E-state index in [1.807, 2.05) is 0 Å². The zero-order valence-corrected chi connectivity index (χ0v) is 8.70. The van der Waals surface area contributed by atoms with Crippen LogP contribution in [0.4, 0.5) is 0 Å². The molecule has 0 aromatic rings. The second-order valence-electron chi connectivity index (χ2n) is 3.76. The fourth-order valence-corrected chi connectivity index (χ4v) is 2.82. The fourth-order valence-electron chi connectivity index (χ4n) is 1.63. The third-order valence-electron chi connectivity index (χ3n) is 2.47. The van der Waals surface area contributed by atoms with E-state index in [0.29, 0.717) is 12.5 Å². The summed E-state index contributed by atoms with van der Waals surface area (Å²) in [6.45, 7) is 2.14. The molecule has 0 aromatic heterocycles. The highest BCUT2D eigenvalue weighted by Crippen LogP contribution is 2.16. The van der Waals surface area contributed by atoms with Crippen LogP contribution < -0.4 is 0 Å². The molecule has 0 radical (unpaired) electrons. The third kappa shape index (κ3) is 2.56. The average molecular weight is 218 g/mol. The molecular weight excluding hydrogens is 204 g/mol. The number of ether oxygens (including phenoxy) is 2. The van der Waals surface area contributed by atoms with Gasteiger partial charge in [-0.25, -0.2) is 8.42 Å². The van der Waals surface area contributed by atoms with Crippen molar-refractivity contribution in [1.82, 2.24) is 0 Å². The Balaban J connectivity index is 1.75. The van der Waals surface area contributed by atoms with Crippen molar-refractivity contribution in [3.8, 4) is 0 Å². The molecule has 5 heteroatoms. The molecular formula is C9H14O4S. The lowest BCUT2D eigenvalue weighted by Crippen LogP contribution is -2.19. The molecule has 0 amide bonds. The minimum Gasteiger partial charge on any atom is -0.381 e. The Morgan fingerprint density at radius 3 is 2.93 bits per heavy atom. The highest BCUT2D eigenvalue weighted by molar-refractivity contribution is 7.94. The van der Waals surface area contributed by atoms with Gasteiger partial charge in [0.25, 0.3) is 0 Å². The molecule has 1 saturated heterocycles. The largest absolute Gasteiger partial charge is 0.381 e. The molecule has 0 aromatic carbocycles. The lowest BCUT2D eigenvalue weighted by atomic mass is 10.1. The maximum absolute atomic E-state index is 11.0. The van der Waals surface area contributed by atoms with Crippen LogP contribution in [0.15, 0.2) is 11.5 Å². The van der Waals surface area contributed by atoms with Crippen LogP contribution in [0.2, 0.25) is 0 Å². The molecule has 0 bridgehead atoms. The first kappa shape index (κ1) is 10.1. The van der Waals surface area contributed by atoms with Gasteiger partial charge in [0, 0.05) is 17.9 Å². The van der Waals surface area contributed by atoms with Gasteiger partial charge in [0.1, 0.15) is 0 Å². The molecule has 2 rings (SSSR count). The molecule has 80 valence electrons. The van der Waals surface area contributed by atoms with Crippen LogP contribution >= 0.6 is 0 Å². The van der Waals surface area contributed by atoms with Gasteiger partial charge in [-0.2, -0.15) is 0 Å². The second-order valence-corrected chi connectivity index (χ2v) is 5.69. The summed E-state index contributed by atoms with van der Waals surface area (Å²) in [5.41, 5.74) is 0. The molecule has 2 atom stereocenters. The van der Waals surface area contributed by atoms with Crippen LogP contribution in [-0.4, -0.2) is 40.1 Å².